The van der Waals surface area contributed by atoms with E-state index in [9.17, 15) is 18.4 Å². The minimum atomic E-state index is -1.23. The zero-order valence-corrected chi connectivity index (χ0v) is 28.3. The number of likely N-dealkylation sites (tertiary alicyclic amines) is 2. The fraction of sp³-hybridized carbons (Fsp3) is 0.300. The van der Waals surface area contributed by atoms with Gasteiger partial charge in [-0.2, -0.15) is 9.97 Å². The van der Waals surface area contributed by atoms with Crippen molar-refractivity contribution in [3.8, 4) is 0 Å². The molecule has 2 aliphatic heterocycles. The molecule has 4 atom stereocenters. The molecule has 8 rings (SSSR count). The summed E-state index contributed by atoms with van der Waals surface area (Å²) in [5.41, 5.74) is 3.02. The maximum Gasteiger partial charge on any atom is 0.254 e. The first kappa shape index (κ1) is 33.4. The number of hydrogen-bond acceptors (Lipinski definition) is 8. The van der Waals surface area contributed by atoms with Crippen molar-refractivity contribution in [3.05, 3.63) is 143 Å². The predicted molar refractivity (Wildman–Crippen MR) is 187 cm³/mol. The van der Waals surface area contributed by atoms with E-state index in [2.05, 4.69) is 20.3 Å². The summed E-state index contributed by atoms with van der Waals surface area (Å²) < 4.78 is 40.6. The highest BCUT2D eigenvalue weighted by molar-refractivity contribution is 6.02. The molecule has 12 heteroatoms. The van der Waals surface area contributed by atoms with Gasteiger partial charge in [0, 0.05) is 36.8 Å². The topological polar surface area (TPSA) is 118 Å². The molecule has 2 fully saturated rings. The molecule has 2 aromatic heterocycles. The highest BCUT2D eigenvalue weighted by Crippen LogP contribution is 2.36. The fourth-order valence-electron chi connectivity index (χ4n) is 7.14. The van der Waals surface area contributed by atoms with E-state index in [4.69, 9.17) is 9.05 Å². The highest BCUT2D eigenvalue weighted by atomic mass is 19.1. The third-order valence-corrected chi connectivity index (χ3v) is 9.85. The summed E-state index contributed by atoms with van der Waals surface area (Å²) in [6.07, 6.45) is 0.260. The number of fused-ring (bicyclic) bond motifs is 1. The van der Waals surface area contributed by atoms with Gasteiger partial charge >= 0.3 is 0 Å². The third kappa shape index (κ3) is 7.05. The molecule has 6 aromatic rings. The molecule has 0 radical (unpaired) electrons. The second-order valence-corrected chi connectivity index (χ2v) is 13.5. The van der Waals surface area contributed by atoms with Crippen molar-refractivity contribution in [3.63, 3.8) is 0 Å². The van der Waals surface area contributed by atoms with Gasteiger partial charge in [-0.3, -0.25) is 9.59 Å². The number of carbonyl (C=O) groups is 2. The van der Waals surface area contributed by atoms with Gasteiger partial charge in [-0.15, -0.1) is 0 Å². The van der Waals surface area contributed by atoms with Crippen LogP contribution in [0.3, 0.4) is 0 Å². The first-order valence-corrected chi connectivity index (χ1v) is 17.5. The van der Waals surface area contributed by atoms with Crippen LogP contribution in [-0.2, 0) is 25.7 Å². The van der Waals surface area contributed by atoms with E-state index in [1.165, 1.54) is 9.80 Å². The minimum absolute atomic E-state index is 0.0704. The molecule has 264 valence electrons. The van der Waals surface area contributed by atoms with Crippen molar-refractivity contribution >= 4 is 22.6 Å². The van der Waals surface area contributed by atoms with Crippen LogP contribution in [0.5, 0.6) is 0 Å². The van der Waals surface area contributed by atoms with Crippen LogP contribution >= 0.6 is 0 Å². The molecule has 0 bridgehead atoms. The first-order valence-electron chi connectivity index (χ1n) is 17.5. The Bertz CT molecular complexity index is 2040. The normalized spacial score (nSPS) is 20.2. The van der Waals surface area contributed by atoms with Gasteiger partial charge < -0.3 is 18.8 Å². The van der Waals surface area contributed by atoms with E-state index in [0.717, 1.165) is 34.7 Å². The lowest BCUT2D eigenvalue weighted by Crippen LogP contribution is -2.31. The molecule has 0 unspecified atom stereocenters. The van der Waals surface area contributed by atoms with Crippen molar-refractivity contribution in [1.82, 2.24) is 30.1 Å². The summed E-state index contributed by atoms with van der Waals surface area (Å²) in [5, 5.41) is 9.63. The van der Waals surface area contributed by atoms with Crippen molar-refractivity contribution in [1.29, 1.82) is 0 Å². The lowest BCUT2D eigenvalue weighted by atomic mass is 10.0. The molecule has 2 saturated heterocycles. The lowest BCUT2D eigenvalue weighted by Gasteiger charge is -2.22. The number of halogens is 2. The Labute approximate surface area is 298 Å². The zero-order valence-electron chi connectivity index (χ0n) is 28.3. The number of carbonyl (C=O) groups excluding carboxylic acids is 2. The molecular weight excluding hydrogens is 666 g/mol. The SMILES string of the molecule is O=C(c1ccc2cc(C(=O)N3C[C@H](F)C[C@H]3c3nc(CCc4ccccc4)no3)ccc2c1)N1C[C@H](F)C[C@H]1c1nc(CCc2ccccc2)no1. The van der Waals surface area contributed by atoms with Crippen LogP contribution in [-0.4, -0.2) is 67.3 Å². The highest BCUT2D eigenvalue weighted by Gasteiger charge is 2.41. The summed E-state index contributed by atoms with van der Waals surface area (Å²) in [4.78, 5) is 39.4. The van der Waals surface area contributed by atoms with Crippen LogP contribution in [0.25, 0.3) is 10.8 Å². The van der Waals surface area contributed by atoms with Crippen LogP contribution in [0.1, 0.15) is 80.2 Å². The molecule has 52 heavy (non-hydrogen) atoms. The van der Waals surface area contributed by atoms with E-state index in [0.29, 0.717) is 35.6 Å². The van der Waals surface area contributed by atoms with Crippen LogP contribution in [0.2, 0.25) is 0 Å². The van der Waals surface area contributed by atoms with E-state index in [1.807, 2.05) is 60.7 Å². The van der Waals surface area contributed by atoms with Crippen molar-refractivity contribution < 1.29 is 27.4 Å². The van der Waals surface area contributed by atoms with Gasteiger partial charge in [-0.1, -0.05) is 83.1 Å². The van der Waals surface area contributed by atoms with E-state index in [-0.39, 0.29) is 49.5 Å². The number of alkyl halides is 2. The predicted octanol–water partition coefficient (Wildman–Crippen LogP) is 7.03. The van der Waals surface area contributed by atoms with Crippen molar-refractivity contribution in [2.24, 2.45) is 0 Å². The summed E-state index contributed by atoms with van der Waals surface area (Å²) >= 11 is 0. The van der Waals surface area contributed by atoms with Crippen molar-refractivity contribution in [2.75, 3.05) is 13.1 Å². The van der Waals surface area contributed by atoms with Gasteiger partial charge in [0.25, 0.3) is 11.8 Å². The minimum Gasteiger partial charge on any atom is -0.337 e. The lowest BCUT2D eigenvalue weighted by molar-refractivity contribution is 0.0697. The Morgan fingerprint density at radius 2 is 1.02 bits per heavy atom. The number of aryl methyl sites for hydroxylation is 4. The molecule has 0 spiro atoms. The Kier molecular flexibility index (Phi) is 9.27. The van der Waals surface area contributed by atoms with E-state index < -0.39 is 24.4 Å². The van der Waals surface area contributed by atoms with Crippen LogP contribution in [0, 0.1) is 0 Å². The summed E-state index contributed by atoms with van der Waals surface area (Å²) in [5.74, 6) is 0.751. The maximum atomic E-state index is 14.8. The van der Waals surface area contributed by atoms with Gasteiger partial charge in [0.15, 0.2) is 11.6 Å². The Morgan fingerprint density at radius 1 is 0.596 bits per heavy atom. The molecule has 4 heterocycles. The smallest absolute Gasteiger partial charge is 0.254 e. The second-order valence-electron chi connectivity index (χ2n) is 13.5. The molecule has 4 aromatic carbocycles. The fourth-order valence-corrected chi connectivity index (χ4v) is 7.14. The maximum absolute atomic E-state index is 14.8. The molecule has 0 aliphatic carbocycles. The van der Waals surface area contributed by atoms with Gasteiger partial charge in [0.1, 0.15) is 24.4 Å². The van der Waals surface area contributed by atoms with Crippen LogP contribution in [0.15, 0.2) is 106 Å². The van der Waals surface area contributed by atoms with Crippen LogP contribution in [0.4, 0.5) is 8.78 Å². The summed E-state index contributed by atoms with van der Waals surface area (Å²) in [6.45, 7) is -0.171. The van der Waals surface area contributed by atoms with Gasteiger partial charge in [0.2, 0.25) is 11.8 Å². The Balaban J connectivity index is 0.949. The molecular formula is C40H36F2N6O4. The van der Waals surface area contributed by atoms with E-state index in [1.54, 1.807) is 36.4 Å². The second kappa shape index (κ2) is 14.5. The number of nitrogens with zero attached hydrogens (tertiary/aromatic N) is 6. The monoisotopic (exact) mass is 702 g/mol. The quantitative estimate of drug-likeness (QED) is 0.149. The molecule has 2 aliphatic rings. The summed E-state index contributed by atoms with van der Waals surface area (Å²) in [6, 6.07) is 28.8. The number of hydrogen-bond donors (Lipinski definition) is 0. The third-order valence-electron chi connectivity index (χ3n) is 9.85. The standard InChI is InChI=1S/C40H36F2N6O4/c41-31-21-33(37-43-35(45-51-37)17-11-25-7-3-1-4-8-25)47(23-31)39(49)29-15-13-28-20-30(16-14-27(28)19-29)40(50)48-24-32(42)22-34(48)38-44-36(46-52-38)18-12-26-9-5-2-6-10-26/h1-10,13-16,19-20,31-34H,11-12,17-18,21-24H2/t31-,32-,33+,34+/m1/s1. The molecule has 0 N–H and O–H groups in total. The Morgan fingerprint density at radius 3 is 1.44 bits per heavy atom. The number of amides is 2. The van der Waals surface area contributed by atoms with Crippen molar-refractivity contribution in [2.45, 2.75) is 63.0 Å². The largest absolute Gasteiger partial charge is 0.337 e. The average Bonchev–Trinajstić information content (AvgIpc) is 4.00. The van der Waals surface area contributed by atoms with Gasteiger partial charge in [-0.05, 0) is 59.0 Å². The number of rotatable bonds is 10. The first-order chi connectivity index (χ1) is 25.4. The zero-order chi connectivity index (χ0) is 35.6. The average molecular weight is 703 g/mol. The Hall–Kier alpha value is -5.78. The molecule has 0 saturated carbocycles. The number of aromatic nitrogens is 4. The number of benzene rings is 4. The molecule has 2 amide bonds. The summed E-state index contributed by atoms with van der Waals surface area (Å²) in [7, 11) is 0. The van der Waals surface area contributed by atoms with Crippen LogP contribution < -0.4 is 0 Å². The van der Waals surface area contributed by atoms with E-state index >= 15 is 0 Å². The van der Waals surface area contributed by atoms with Gasteiger partial charge in [-0.25, -0.2) is 8.78 Å². The molecule has 10 nitrogen and oxygen atoms in total. The van der Waals surface area contributed by atoms with Gasteiger partial charge in [0.05, 0.1) is 13.1 Å².